The van der Waals surface area contributed by atoms with Gasteiger partial charge in [-0.25, -0.2) is 4.79 Å². The lowest BCUT2D eigenvalue weighted by atomic mass is 10.1. The number of fused-ring (bicyclic) bond motifs is 1. The van der Waals surface area contributed by atoms with E-state index in [1.807, 2.05) is 60.7 Å². The second kappa shape index (κ2) is 13.8. The summed E-state index contributed by atoms with van der Waals surface area (Å²) in [6.07, 6.45) is 14.2. The SMILES string of the molecule is CCCCCCCCCCCCc1cc2c(=O)oc(Nc3ccc(Oc4ccccc4)cc3)nc2s1. The fourth-order valence-electron chi connectivity index (χ4n) is 4.24. The lowest BCUT2D eigenvalue weighted by Crippen LogP contribution is -2.03. The Morgan fingerprint density at radius 3 is 2.17 bits per heavy atom. The Kier molecular flexibility index (Phi) is 9.97. The third kappa shape index (κ3) is 7.95. The molecule has 0 aliphatic rings. The summed E-state index contributed by atoms with van der Waals surface area (Å²) < 4.78 is 11.3. The van der Waals surface area contributed by atoms with Gasteiger partial charge in [-0.15, -0.1) is 11.3 Å². The zero-order valence-corrected chi connectivity index (χ0v) is 21.9. The van der Waals surface area contributed by atoms with Crippen molar-refractivity contribution in [1.29, 1.82) is 0 Å². The summed E-state index contributed by atoms with van der Waals surface area (Å²) in [4.78, 5) is 19.0. The summed E-state index contributed by atoms with van der Waals surface area (Å²) in [6, 6.07) is 19.3. The summed E-state index contributed by atoms with van der Waals surface area (Å²) in [6.45, 7) is 2.26. The Balaban J connectivity index is 1.25. The van der Waals surface area contributed by atoms with Crippen molar-refractivity contribution in [2.75, 3.05) is 5.32 Å². The zero-order chi connectivity index (χ0) is 25.0. The molecule has 0 unspecified atom stereocenters. The molecule has 190 valence electrons. The number of anilines is 2. The number of benzene rings is 2. The lowest BCUT2D eigenvalue weighted by Gasteiger charge is -2.07. The van der Waals surface area contributed by atoms with Gasteiger partial charge >= 0.3 is 11.6 Å². The molecule has 4 rings (SSSR count). The number of nitrogens with one attached hydrogen (secondary N) is 1. The van der Waals surface area contributed by atoms with Crippen molar-refractivity contribution in [2.45, 2.75) is 77.6 Å². The van der Waals surface area contributed by atoms with Crippen LogP contribution in [0, 0.1) is 0 Å². The fraction of sp³-hybridized carbons (Fsp3) is 0.400. The monoisotopic (exact) mass is 504 g/mol. The molecule has 0 bridgehead atoms. The molecule has 2 heterocycles. The minimum atomic E-state index is -0.350. The van der Waals surface area contributed by atoms with E-state index in [9.17, 15) is 4.79 Å². The fourth-order valence-corrected chi connectivity index (χ4v) is 5.29. The standard InChI is InChI=1S/C30H36N2O3S/c1-2-3-4-5-6-7-8-9-10-14-17-26-22-27-28(36-26)32-30(35-29(27)33)31-23-18-20-25(21-19-23)34-24-15-12-11-13-16-24/h11-13,15-16,18-22H,2-10,14,17H2,1H3,(H,31,32). The Morgan fingerprint density at radius 1 is 0.833 bits per heavy atom. The normalized spacial score (nSPS) is 11.1. The molecule has 0 radical (unpaired) electrons. The average molecular weight is 505 g/mol. The van der Waals surface area contributed by atoms with Gasteiger partial charge < -0.3 is 14.5 Å². The van der Waals surface area contributed by atoms with Gasteiger partial charge in [0.05, 0.1) is 5.39 Å². The lowest BCUT2D eigenvalue weighted by molar-refractivity contribution is 0.482. The van der Waals surface area contributed by atoms with Crippen molar-refractivity contribution in [1.82, 2.24) is 4.98 Å². The van der Waals surface area contributed by atoms with Crippen LogP contribution in [0.2, 0.25) is 0 Å². The molecular weight excluding hydrogens is 468 g/mol. The highest BCUT2D eigenvalue weighted by Gasteiger charge is 2.11. The Bertz CT molecular complexity index is 1250. The Hall–Kier alpha value is -3.12. The van der Waals surface area contributed by atoms with Crippen molar-refractivity contribution >= 4 is 33.3 Å². The first-order valence-electron chi connectivity index (χ1n) is 13.2. The van der Waals surface area contributed by atoms with Crippen LogP contribution >= 0.6 is 11.3 Å². The quantitative estimate of drug-likeness (QED) is 0.163. The van der Waals surface area contributed by atoms with Crippen molar-refractivity contribution in [3.8, 4) is 11.5 Å². The van der Waals surface area contributed by atoms with E-state index in [0.717, 1.165) is 34.9 Å². The first-order valence-corrected chi connectivity index (χ1v) is 14.1. The maximum Gasteiger partial charge on any atom is 0.349 e. The molecule has 0 aliphatic heterocycles. The smallest absolute Gasteiger partial charge is 0.349 e. The first-order chi connectivity index (χ1) is 17.7. The van der Waals surface area contributed by atoms with Crippen LogP contribution < -0.4 is 15.7 Å². The number of rotatable bonds is 15. The van der Waals surface area contributed by atoms with E-state index >= 15 is 0 Å². The predicted octanol–water partition coefficient (Wildman–Crippen LogP) is 9.25. The molecule has 0 aliphatic carbocycles. The molecule has 2 aromatic heterocycles. The molecule has 4 aromatic rings. The molecule has 36 heavy (non-hydrogen) atoms. The van der Waals surface area contributed by atoms with Crippen LogP contribution in [0.5, 0.6) is 11.5 Å². The van der Waals surface area contributed by atoms with Crippen molar-refractivity contribution in [2.24, 2.45) is 0 Å². The summed E-state index contributed by atoms with van der Waals surface area (Å²) in [7, 11) is 0. The molecule has 1 N–H and O–H groups in total. The van der Waals surface area contributed by atoms with E-state index in [2.05, 4.69) is 17.2 Å². The van der Waals surface area contributed by atoms with E-state index in [1.165, 1.54) is 62.7 Å². The van der Waals surface area contributed by atoms with E-state index in [4.69, 9.17) is 9.15 Å². The molecule has 0 saturated carbocycles. The highest BCUT2D eigenvalue weighted by Crippen LogP contribution is 2.27. The van der Waals surface area contributed by atoms with Gasteiger partial charge in [-0.1, -0.05) is 82.9 Å². The highest BCUT2D eigenvalue weighted by molar-refractivity contribution is 7.18. The van der Waals surface area contributed by atoms with Gasteiger partial charge in [0, 0.05) is 10.6 Å². The number of hydrogen-bond acceptors (Lipinski definition) is 6. The van der Waals surface area contributed by atoms with Crippen LogP contribution in [-0.4, -0.2) is 4.98 Å². The van der Waals surface area contributed by atoms with Crippen molar-refractivity contribution in [3.05, 3.63) is 76.0 Å². The average Bonchev–Trinajstić information content (AvgIpc) is 3.30. The first kappa shape index (κ1) is 26.0. The molecule has 6 heteroatoms. The molecule has 0 atom stereocenters. The number of nitrogens with zero attached hydrogens (tertiary/aromatic N) is 1. The number of aryl methyl sites for hydroxylation is 1. The minimum Gasteiger partial charge on any atom is -0.457 e. The molecule has 0 amide bonds. The second-order valence-corrected chi connectivity index (χ2v) is 10.3. The van der Waals surface area contributed by atoms with Gasteiger partial charge in [-0.2, -0.15) is 4.98 Å². The van der Waals surface area contributed by atoms with E-state index < -0.39 is 0 Å². The number of unbranched alkanes of at least 4 members (excludes halogenated alkanes) is 9. The number of thiophene rings is 1. The van der Waals surface area contributed by atoms with Gasteiger partial charge in [0.15, 0.2) is 0 Å². The van der Waals surface area contributed by atoms with E-state index in [-0.39, 0.29) is 11.6 Å². The Morgan fingerprint density at radius 2 is 1.47 bits per heavy atom. The number of para-hydroxylation sites is 1. The molecule has 2 aromatic carbocycles. The summed E-state index contributed by atoms with van der Waals surface area (Å²) in [5, 5.41) is 3.67. The van der Waals surface area contributed by atoms with Crippen LogP contribution in [-0.2, 0) is 6.42 Å². The highest BCUT2D eigenvalue weighted by atomic mass is 32.1. The number of aromatic nitrogens is 1. The number of ether oxygens (including phenoxy) is 1. The van der Waals surface area contributed by atoms with Gasteiger partial charge in [0.25, 0.3) is 0 Å². The number of hydrogen-bond donors (Lipinski definition) is 1. The van der Waals surface area contributed by atoms with Crippen LogP contribution in [0.3, 0.4) is 0 Å². The Labute approximate surface area is 217 Å². The maximum atomic E-state index is 12.5. The predicted molar refractivity (Wildman–Crippen MR) is 150 cm³/mol. The van der Waals surface area contributed by atoms with Crippen LogP contribution in [0.25, 0.3) is 10.2 Å². The third-order valence-corrected chi connectivity index (χ3v) is 7.33. The van der Waals surface area contributed by atoms with E-state index in [0.29, 0.717) is 5.39 Å². The summed E-state index contributed by atoms with van der Waals surface area (Å²) >= 11 is 1.59. The van der Waals surface area contributed by atoms with Gasteiger partial charge in [0.1, 0.15) is 16.3 Å². The van der Waals surface area contributed by atoms with Crippen LogP contribution in [0.1, 0.15) is 76.0 Å². The van der Waals surface area contributed by atoms with Gasteiger partial charge in [-0.05, 0) is 55.3 Å². The van der Waals surface area contributed by atoms with Gasteiger partial charge in [0.2, 0.25) is 0 Å². The topological polar surface area (TPSA) is 64.4 Å². The van der Waals surface area contributed by atoms with Crippen LogP contribution in [0.15, 0.2) is 69.9 Å². The second-order valence-electron chi connectivity index (χ2n) is 9.23. The van der Waals surface area contributed by atoms with E-state index in [1.54, 1.807) is 11.3 Å². The molecule has 5 nitrogen and oxygen atoms in total. The maximum absolute atomic E-state index is 12.5. The van der Waals surface area contributed by atoms with Gasteiger partial charge in [-0.3, -0.25) is 0 Å². The minimum absolute atomic E-state index is 0.205. The molecule has 0 spiro atoms. The van der Waals surface area contributed by atoms with Crippen LogP contribution in [0.4, 0.5) is 11.7 Å². The zero-order valence-electron chi connectivity index (χ0n) is 21.1. The molecular formula is C30H36N2O3S. The molecule has 0 saturated heterocycles. The van der Waals surface area contributed by atoms with Crippen molar-refractivity contribution in [3.63, 3.8) is 0 Å². The largest absolute Gasteiger partial charge is 0.457 e. The summed E-state index contributed by atoms with van der Waals surface area (Å²) in [5.41, 5.74) is 0.421. The van der Waals surface area contributed by atoms with Crippen molar-refractivity contribution < 1.29 is 9.15 Å². The third-order valence-electron chi connectivity index (χ3n) is 6.24. The molecule has 0 fully saturated rings. The summed E-state index contributed by atoms with van der Waals surface area (Å²) in [5.74, 6) is 1.51.